The molecular weight excluding hydrogens is 504 g/mol. The van der Waals surface area contributed by atoms with Crippen molar-refractivity contribution < 1.29 is 14.3 Å². The molecule has 1 aromatic heterocycles. The number of ether oxygens (including phenoxy) is 1. The van der Waals surface area contributed by atoms with Crippen LogP contribution in [0.4, 0.5) is 4.79 Å². The van der Waals surface area contributed by atoms with E-state index in [2.05, 4.69) is 42.0 Å². The van der Waals surface area contributed by atoms with E-state index in [1.165, 1.54) is 0 Å². The summed E-state index contributed by atoms with van der Waals surface area (Å²) in [6, 6.07) is 14.6. The number of carbonyl (C=O) groups excluding carboxylic acids is 2. The third-order valence-electron chi connectivity index (χ3n) is 6.73. The van der Waals surface area contributed by atoms with E-state index < -0.39 is 0 Å². The van der Waals surface area contributed by atoms with Gasteiger partial charge in [0.2, 0.25) is 0 Å². The molecule has 3 aromatic rings. The maximum absolute atomic E-state index is 13.3. The number of rotatable bonds is 9. The van der Waals surface area contributed by atoms with Crippen molar-refractivity contribution in [2.24, 2.45) is 7.05 Å². The smallest absolute Gasteiger partial charge is 0.317 e. The minimum atomic E-state index is -0.332. The monoisotopic (exact) mass is 542 g/mol. The van der Waals surface area contributed by atoms with E-state index in [1.54, 1.807) is 23.1 Å². The molecule has 2 heterocycles. The van der Waals surface area contributed by atoms with Crippen molar-refractivity contribution in [3.63, 3.8) is 0 Å². The molecule has 0 unspecified atom stereocenters. The van der Waals surface area contributed by atoms with E-state index in [-0.39, 0.29) is 29.5 Å². The number of urea groups is 1. The summed E-state index contributed by atoms with van der Waals surface area (Å²) >= 11 is 0. The fraction of sp³-hybridized carbons (Fsp3) is 0.419. The lowest BCUT2D eigenvalue weighted by Crippen LogP contribution is -2.46. The van der Waals surface area contributed by atoms with Gasteiger partial charge in [-0.25, -0.2) is 9.78 Å². The highest BCUT2D eigenvalue weighted by Gasteiger charge is 2.25. The molecule has 2 aromatic carbocycles. The van der Waals surface area contributed by atoms with Crippen LogP contribution in [0.5, 0.6) is 5.75 Å². The lowest BCUT2D eigenvalue weighted by Gasteiger charge is -2.24. The van der Waals surface area contributed by atoms with E-state index in [0.29, 0.717) is 42.9 Å². The molecule has 1 saturated heterocycles. The van der Waals surface area contributed by atoms with Gasteiger partial charge in [0.1, 0.15) is 17.6 Å². The second-order valence-corrected chi connectivity index (χ2v) is 11.5. The number of hydrogen-bond donors (Lipinski definition) is 2. The number of nitriles is 1. The molecule has 4 rings (SSSR count). The Morgan fingerprint density at radius 1 is 1.20 bits per heavy atom. The summed E-state index contributed by atoms with van der Waals surface area (Å²) in [6.45, 7) is 11.7. The average Bonchev–Trinajstić information content (AvgIpc) is 3.49. The van der Waals surface area contributed by atoms with E-state index >= 15 is 0 Å². The SMILES string of the molecule is CC(C)Oc1ccc(C(=O)N[C@@H](Cc2ccc(-c3cn(C)c(C(C)(C)C)n3)cc2)CN2CCNC2=O)cc1C#N. The third kappa shape index (κ3) is 6.81. The fourth-order valence-corrected chi connectivity index (χ4v) is 4.89. The summed E-state index contributed by atoms with van der Waals surface area (Å²) in [6.07, 6.45) is 2.48. The number of amides is 3. The summed E-state index contributed by atoms with van der Waals surface area (Å²) in [7, 11) is 2.01. The van der Waals surface area contributed by atoms with E-state index in [0.717, 1.165) is 22.6 Å². The molecule has 210 valence electrons. The van der Waals surface area contributed by atoms with Gasteiger partial charge in [0.25, 0.3) is 5.91 Å². The number of hydrogen-bond acceptors (Lipinski definition) is 5. The van der Waals surface area contributed by atoms with Crippen LogP contribution in [0, 0.1) is 11.3 Å². The molecular formula is C31H38N6O3. The molecule has 0 spiro atoms. The van der Waals surface area contributed by atoms with Gasteiger partial charge >= 0.3 is 6.03 Å². The lowest BCUT2D eigenvalue weighted by atomic mass is 9.96. The summed E-state index contributed by atoms with van der Waals surface area (Å²) in [5.41, 5.74) is 3.56. The quantitative estimate of drug-likeness (QED) is 0.416. The molecule has 2 N–H and O–H groups in total. The molecule has 3 amide bonds. The summed E-state index contributed by atoms with van der Waals surface area (Å²) in [5, 5.41) is 15.5. The Labute approximate surface area is 236 Å². The van der Waals surface area contributed by atoms with Gasteiger partial charge in [-0.05, 0) is 44.0 Å². The second kappa shape index (κ2) is 11.8. The van der Waals surface area contributed by atoms with Gasteiger partial charge in [-0.15, -0.1) is 0 Å². The van der Waals surface area contributed by atoms with Gasteiger partial charge in [0, 0.05) is 49.4 Å². The maximum Gasteiger partial charge on any atom is 0.317 e. The minimum absolute atomic E-state index is 0.0595. The maximum atomic E-state index is 13.3. The first-order valence-corrected chi connectivity index (χ1v) is 13.6. The zero-order chi connectivity index (χ0) is 29.0. The van der Waals surface area contributed by atoms with Crippen molar-refractivity contribution in [3.05, 3.63) is 71.2 Å². The molecule has 1 atom stereocenters. The average molecular weight is 543 g/mol. The first kappa shape index (κ1) is 28.7. The molecule has 9 heteroatoms. The summed E-state index contributed by atoms with van der Waals surface area (Å²) in [5.74, 6) is 1.15. The molecule has 0 saturated carbocycles. The van der Waals surface area contributed by atoms with Crippen LogP contribution in [-0.2, 0) is 18.9 Å². The topological polar surface area (TPSA) is 112 Å². The molecule has 40 heavy (non-hydrogen) atoms. The van der Waals surface area contributed by atoms with Crippen LogP contribution >= 0.6 is 0 Å². The van der Waals surface area contributed by atoms with Crippen LogP contribution in [0.3, 0.4) is 0 Å². The van der Waals surface area contributed by atoms with Gasteiger partial charge in [-0.3, -0.25) is 4.79 Å². The molecule has 0 radical (unpaired) electrons. The number of aromatic nitrogens is 2. The Morgan fingerprint density at radius 3 is 2.50 bits per heavy atom. The minimum Gasteiger partial charge on any atom is -0.490 e. The molecule has 1 aliphatic heterocycles. The number of nitrogens with zero attached hydrogens (tertiary/aromatic N) is 4. The Kier molecular flexibility index (Phi) is 8.48. The summed E-state index contributed by atoms with van der Waals surface area (Å²) < 4.78 is 7.75. The lowest BCUT2D eigenvalue weighted by molar-refractivity contribution is 0.0929. The predicted molar refractivity (Wildman–Crippen MR) is 154 cm³/mol. The number of imidazole rings is 1. The van der Waals surface area contributed by atoms with Gasteiger partial charge in [0.15, 0.2) is 0 Å². The highest BCUT2D eigenvalue weighted by atomic mass is 16.5. The van der Waals surface area contributed by atoms with Gasteiger partial charge in [-0.2, -0.15) is 5.26 Å². The number of nitrogens with one attached hydrogen (secondary N) is 2. The van der Waals surface area contributed by atoms with Crippen LogP contribution in [0.25, 0.3) is 11.3 Å². The van der Waals surface area contributed by atoms with E-state index in [9.17, 15) is 14.9 Å². The van der Waals surface area contributed by atoms with Crippen molar-refractivity contribution in [3.8, 4) is 23.1 Å². The van der Waals surface area contributed by atoms with Crippen molar-refractivity contribution in [2.75, 3.05) is 19.6 Å². The Balaban J connectivity index is 1.52. The van der Waals surface area contributed by atoms with Gasteiger partial charge < -0.3 is 24.8 Å². The van der Waals surface area contributed by atoms with Gasteiger partial charge in [-0.1, -0.05) is 45.0 Å². The highest BCUT2D eigenvalue weighted by molar-refractivity contribution is 5.95. The zero-order valence-electron chi connectivity index (χ0n) is 24.1. The second-order valence-electron chi connectivity index (χ2n) is 11.5. The van der Waals surface area contributed by atoms with Crippen molar-refractivity contribution in [1.29, 1.82) is 5.26 Å². The standard InChI is InChI=1S/C31H38N6O3/c1-20(2)40-27-12-11-23(16-24(27)17-32)28(38)34-25(18-37-14-13-33-30(37)39)15-21-7-9-22(10-8-21)26-19-36(6)29(35-26)31(3,4)5/h7-12,16,19-20,25H,13-15,18H2,1-6H3,(H,33,39)(H,34,38)/t25-/m0/s1. The normalized spacial score (nSPS) is 14.2. The molecule has 0 bridgehead atoms. The van der Waals surface area contributed by atoms with Crippen LogP contribution in [0.15, 0.2) is 48.7 Å². The third-order valence-corrected chi connectivity index (χ3v) is 6.73. The van der Waals surface area contributed by atoms with Crippen molar-refractivity contribution in [1.82, 2.24) is 25.1 Å². The van der Waals surface area contributed by atoms with Gasteiger partial charge in [0.05, 0.1) is 23.4 Å². The Morgan fingerprint density at radius 2 is 1.93 bits per heavy atom. The van der Waals surface area contributed by atoms with E-state index in [1.807, 2.05) is 51.4 Å². The molecule has 1 aliphatic rings. The van der Waals surface area contributed by atoms with E-state index in [4.69, 9.17) is 9.72 Å². The van der Waals surface area contributed by atoms with Crippen LogP contribution in [-0.4, -0.2) is 58.2 Å². The number of carbonyl (C=O) groups is 2. The largest absolute Gasteiger partial charge is 0.490 e. The van der Waals surface area contributed by atoms with Crippen LogP contribution < -0.4 is 15.4 Å². The molecule has 0 aliphatic carbocycles. The van der Waals surface area contributed by atoms with Crippen LogP contribution in [0.2, 0.25) is 0 Å². The predicted octanol–water partition coefficient (Wildman–Crippen LogP) is 4.41. The number of benzene rings is 2. The highest BCUT2D eigenvalue weighted by Crippen LogP contribution is 2.26. The number of aryl methyl sites for hydroxylation is 1. The summed E-state index contributed by atoms with van der Waals surface area (Å²) in [4.78, 5) is 32.1. The first-order valence-electron chi connectivity index (χ1n) is 13.6. The molecule has 1 fully saturated rings. The zero-order valence-corrected chi connectivity index (χ0v) is 24.1. The Bertz CT molecular complexity index is 1410. The fourth-order valence-electron chi connectivity index (χ4n) is 4.89. The Hall–Kier alpha value is -4.32. The van der Waals surface area contributed by atoms with Crippen LogP contribution in [0.1, 0.15) is 61.9 Å². The first-order chi connectivity index (χ1) is 18.9. The van der Waals surface area contributed by atoms with Crippen molar-refractivity contribution in [2.45, 2.75) is 58.6 Å². The van der Waals surface area contributed by atoms with Crippen molar-refractivity contribution >= 4 is 11.9 Å². The molecule has 9 nitrogen and oxygen atoms in total.